The highest BCUT2D eigenvalue weighted by Gasteiger charge is 2.28. The Hall–Kier alpha value is -2.35. The first-order valence-corrected chi connectivity index (χ1v) is 7.74. The molecule has 0 aliphatic carbocycles. The number of sulfonamides is 1. The normalized spacial score (nSPS) is 11.3. The van der Waals surface area contributed by atoms with Gasteiger partial charge in [-0.25, -0.2) is 13.2 Å². The largest absolute Gasteiger partial charge is 0.476 e. The van der Waals surface area contributed by atoms with Crippen LogP contribution in [0.25, 0.3) is 0 Å². The number of benzene rings is 1. The number of hydrogen-bond donors (Lipinski definition) is 3. The van der Waals surface area contributed by atoms with Crippen molar-refractivity contribution in [2.75, 3.05) is 4.72 Å². The molecule has 0 amide bonds. The first-order chi connectivity index (χ1) is 9.86. The molecule has 112 valence electrons. The van der Waals surface area contributed by atoms with Crippen molar-refractivity contribution < 1.29 is 18.3 Å². The number of hydrogen-bond acceptors (Lipinski definition) is 4. The van der Waals surface area contributed by atoms with Gasteiger partial charge in [-0.05, 0) is 25.0 Å². The second-order valence-corrected chi connectivity index (χ2v) is 6.07. The van der Waals surface area contributed by atoms with Crippen LogP contribution in [0.3, 0.4) is 0 Å². The van der Waals surface area contributed by atoms with Gasteiger partial charge in [-0.3, -0.25) is 9.82 Å². The van der Waals surface area contributed by atoms with Gasteiger partial charge < -0.3 is 5.11 Å². The number of aromatic nitrogens is 2. The minimum absolute atomic E-state index is 0.175. The average molecular weight is 309 g/mol. The zero-order chi connectivity index (χ0) is 15.6. The van der Waals surface area contributed by atoms with Crippen LogP contribution in [0.4, 0.5) is 5.69 Å². The number of H-pyrrole nitrogens is 1. The van der Waals surface area contributed by atoms with Crippen LogP contribution >= 0.6 is 0 Å². The highest BCUT2D eigenvalue weighted by molar-refractivity contribution is 7.92. The van der Waals surface area contributed by atoms with E-state index in [-0.39, 0.29) is 10.6 Å². The van der Waals surface area contributed by atoms with Crippen molar-refractivity contribution in [2.45, 2.75) is 25.2 Å². The Balaban J connectivity index is 2.49. The van der Waals surface area contributed by atoms with Crippen molar-refractivity contribution in [3.8, 4) is 0 Å². The Morgan fingerprint density at radius 2 is 2.05 bits per heavy atom. The highest BCUT2D eigenvalue weighted by atomic mass is 32.2. The van der Waals surface area contributed by atoms with E-state index < -0.39 is 21.7 Å². The van der Waals surface area contributed by atoms with Crippen LogP contribution in [0.5, 0.6) is 0 Å². The van der Waals surface area contributed by atoms with Crippen LogP contribution in [-0.4, -0.2) is 29.7 Å². The van der Waals surface area contributed by atoms with E-state index in [1.807, 2.05) is 13.0 Å². The topological polar surface area (TPSA) is 112 Å². The summed E-state index contributed by atoms with van der Waals surface area (Å²) < 4.78 is 27.3. The molecule has 0 atom stereocenters. The predicted octanol–water partition coefficient (Wildman–Crippen LogP) is 1.78. The van der Waals surface area contributed by atoms with Crippen molar-refractivity contribution in [2.24, 2.45) is 0 Å². The molecule has 0 unspecified atom stereocenters. The van der Waals surface area contributed by atoms with Crippen LogP contribution in [0, 0.1) is 6.92 Å². The third-order valence-electron chi connectivity index (χ3n) is 3.00. The molecule has 0 saturated carbocycles. The molecule has 1 heterocycles. The Morgan fingerprint density at radius 3 is 2.67 bits per heavy atom. The quantitative estimate of drug-likeness (QED) is 0.779. The molecule has 1 aromatic heterocycles. The third kappa shape index (κ3) is 2.89. The van der Waals surface area contributed by atoms with Gasteiger partial charge in [-0.1, -0.05) is 25.1 Å². The molecule has 2 rings (SSSR count). The number of nitrogens with zero attached hydrogens (tertiary/aromatic N) is 1. The standard InChI is InChI=1S/C13H15N3O4S/c1-3-9-6-4-5-7-10(9)16-21(19,20)12-8(2)14-15-11(12)13(17)18/h4-7,16H,3H2,1-2H3,(H,14,15)(H,17,18). The van der Waals surface area contributed by atoms with Crippen LogP contribution in [0.1, 0.15) is 28.7 Å². The predicted molar refractivity (Wildman–Crippen MR) is 76.9 cm³/mol. The van der Waals surface area contributed by atoms with Gasteiger partial charge in [0.2, 0.25) is 0 Å². The minimum atomic E-state index is -4.03. The van der Waals surface area contributed by atoms with E-state index in [0.29, 0.717) is 12.1 Å². The van der Waals surface area contributed by atoms with Crippen molar-refractivity contribution in [1.29, 1.82) is 0 Å². The summed E-state index contributed by atoms with van der Waals surface area (Å²) in [4.78, 5) is 10.7. The smallest absolute Gasteiger partial charge is 0.357 e. The number of rotatable bonds is 5. The van der Waals surface area contributed by atoms with Gasteiger partial charge in [0.25, 0.3) is 10.0 Å². The van der Waals surface area contributed by atoms with Crippen molar-refractivity contribution in [1.82, 2.24) is 10.2 Å². The van der Waals surface area contributed by atoms with Crippen LogP contribution < -0.4 is 4.72 Å². The summed E-state index contributed by atoms with van der Waals surface area (Å²) in [5, 5.41) is 14.9. The fourth-order valence-electron chi connectivity index (χ4n) is 2.02. The number of anilines is 1. The molecular formula is C13H15N3O4S. The fourth-order valence-corrected chi connectivity index (χ4v) is 3.44. The van der Waals surface area contributed by atoms with Gasteiger partial charge in [-0.2, -0.15) is 5.10 Å². The number of carboxylic acids is 1. The van der Waals surface area contributed by atoms with Gasteiger partial charge in [0.1, 0.15) is 4.90 Å². The van der Waals surface area contributed by atoms with Crippen molar-refractivity contribution >= 4 is 21.7 Å². The maximum Gasteiger partial charge on any atom is 0.357 e. The molecule has 0 aliphatic heterocycles. The summed E-state index contributed by atoms with van der Waals surface area (Å²) in [5.74, 6) is -1.40. The first-order valence-electron chi connectivity index (χ1n) is 6.25. The number of carbonyl (C=O) groups is 1. The van der Waals surface area contributed by atoms with E-state index in [2.05, 4.69) is 14.9 Å². The average Bonchev–Trinajstić information content (AvgIpc) is 2.82. The number of aromatic carboxylic acids is 1. The van der Waals surface area contributed by atoms with Crippen LogP contribution in [0.15, 0.2) is 29.2 Å². The van der Waals surface area contributed by atoms with Crippen molar-refractivity contribution in [3.05, 3.63) is 41.2 Å². The molecule has 0 saturated heterocycles. The molecule has 0 aliphatic rings. The van der Waals surface area contributed by atoms with Gasteiger partial charge in [0.15, 0.2) is 5.69 Å². The number of carboxylic acid groups (broad SMARTS) is 1. The molecule has 0 spiro atoms. The molecule has 2 aromatic rings. The summed E-state index contributed by atoms with van der Waals surface area (Å²) in [6.07, 6.45) is 0.648. The summed E-state index contributed by atoms with van der Waals surface area (Å²) in [6, 6.07) is 6.95. The van der Waals surface area contributed by atoms with E-state index >= 15 is 0 Å². The first kappa shape index (κ1) is 15.0. The molecule has 1 aromatic carbocycles. The molecule has 21 heavy (non-hydrogen) atoms. The summed E-state index contributed by atoms with van der Waals surface area (Å²) in [5.41, 5.74) is 0.902. The lowest BCUT2D eigenvalue weighted by Gasteiger charge is -2.11. The lowest BCUT2D eigenvalue weighted by Crippen LogP contribution is -2.17. The molecule has 0 bridgehead atoms. The highest BCUT2D eigenvalue weighted by Crippen LogP contribution is 2.23. The maximum absolute atomic E-state index is 12.4. The van der Waals surface area contributed by atoms with Gasteiger partial charge in [0.05, 0.1) is 11.4 Å². The number of nitrogens with one attached hydrogen (secondary N) is 2. The second kappa shape index (κ2) is 5.57. The lowest BCUT2D eigenvalue weighted by molar-refractivity contribution is 0.0686. The van der Waals surface area contributed by atoms with E-state index in [1.165, 1.54) is 6.92 Å². The Kier molecular flexibility index (Phi) is 3.99. The Labute approximate surface area is 122 Å². The SMILES string of the molecule is CCc1ccccc1NS(=O)(=O)c1c(C(=O)O)n[nH]c1C. The fraction of sp³-hybridized carbons (Fsp3) is 0.231. The van der Waals surface area contributed by atoms with Gasteiger partial charge in [-0.15, -0.1) is 0 Å². The molecule has 7 nitrogen and oxygen atoms in total. The zero-order valence-electron chi connectivity index (χ0n) is 11.5. The molecule has 8 heteroatoms. The lowest BCUT2D eigenvalue weighted by atomic mass is 10.1. The van der Waals surface area contributed by atoms with Crippen LogP contribution in [-0.2, 0) is 16.4 Å². The van der Waals surface area contributed by atoms with Crippen molar-refractivity contribution in [3.63, 3.8) is 0 Å². The summed E-state index contributed by atoms with van der Waals surface area (Å²) in [7, 11) is -4.03. The van der Waals surface area contributed by atoms with E-state index in [9.17, 15) is 13.2 Å². The third-order valence-corrected chi connectivity index (χ3v) is 4.53. The second-order valence-electron chi connectivity index (χ2n) is 4.45. The van der Waals surface area contributed by atoms with Gasteiger partial charge >= 0.3 is 5.97 Å². The summed E-state index contributed by atoms with van der Waals surface area (Å²) >= 11 is 0. The Bertz CT molecular complexity index is 780. The molecule has 0 radical (unpaired) electrons. The van der Waals surface area contributed by atoms with E-state index in [0.717, 1.165) is 5.56 Å². The van der Waals surface area contributed by atoms with E-state index in [4.69, 9.17) is 5.11 Å². The van der Waals surface area contributed by atoms with Crippen LogP contribution in [0.2, 0.25) is 0 Å². The van der Waals surface area contributed by atoms with E-state index in [1.54, 1.807) is 18.2 Å². The maximum atomic E-state index is 12.4. The Morgan fingerprint density at radius 1 is 1.38 bits per heavy atom. The number of para-hydroxylation sites is 1. The minimum Gasteiger partial charge on any atom is -0.476 e. The monoisotopic (exact) mass is 309 g/mol. The molecule has 0 fully saturated rings. The number of aryl methyl sites for hydroxylation is 2. The molecular weight excluding hydrogens is 294 g/mol. The number of aromatic amines is 1. The van der Waals surface area contributed by atoms with Gasteiger partial charge in [0, 0.05) is 0 Å². The summed E-state index contributed by atoms with van der Waals surface area (Å²) in [6.45, 7) is 3.36. The molecule has 3 N–H and O–H groups in total. The zero-order valence-corrected chi connectivity index (χ0v) is 12.4.